The molecule has 0 saturated heterocycles. The second kappa shape index (κ2) is 11.0. The van der Waals surface area contributed by atoms with Crippen molar-refractivity contribution in [3.63, 3.8) is 0 Å². The Balaban J connectivity index is 0.00000361. The van der Waals surface area contributed by atoms with Gasteiger partial charge in [0.15, 0.2) is 18.9 Å². The SMILES string of the molecule is O=C([O-])c1ccc[n+](CC(O)COC/C=C/CO)c1.[Na+]. The molecule has 7 heteroatoms. The van der Waals surface area contributed by atoms with E-state index in [4.69, 9.17) is 9.84 Å². The number of nitrogens with zero attached hydrogens (tertiary/aromatic N) is 1. The van der Waals surface area contributed by atoms with Gasteiger partial charge in [-0.3, -0.25) is 0 Å². The third-order valence-corrected chi connectivity index (χ3v) is 2.31. The van der Waals surface area contributed by atoms with Crippen molar-refractivity contribution in [1.82, 2.24) is 0 Å². The van der Waals surface area contributed by atoms with Crippen LogP contribution >= 0.6 is 0 Å². The first kappa shape index (κ1) is 19.2. The number of aliphatic hydroxyl groups excluding tert-OH is 2. The molecule has 1 rings (SSSR count). The van der Waals surface area contributed by atoms with Gasteiger partial charge >= 0.3 is 29.6 Å². The zero-order valence-corrected chi connectivity index (χ0v) is 13.4. The summed E-state index contributed by atoms with van der Waals surface area (Å²) in [7, 11) is 0. The topological polar surface area (TPSA) is 93.7 Å². The molecule has 1 atom stereocenters. The molecule has 0 radical (unpaired) electrons. The summed E-state index contributed by atoms with van der Waals surface area (Å²) >= 11 is 0. The van der Waals surface area contributed by atoms with Crippen molar-refractivity contribution < 1.29 is 59.0 Å². The van der Waals surface area contributed by atoms with E-state index in [0.717, 1.165) is 0 Å². The molecule has 0 amide bonds. The minimum Gasteiger partial charge on any atom is -0.545 e. The second-order valence-corrected chi connectivity index (χ2v) is 3.92. The summed E-state index contributed by atoms with van der Waals surface area (Å²) in [5.74, 6) is -1.26. The largest absolute Gasteiger partial charge is 1.00 e. The molecule has 0 aliphatic rings. The fourth-order valence-electron chi connectivity index (χ4n) is 1.47. The normalized spacial score (nSPS) is 12.1. The van der Waals surface area contributed by atoms with Crippen LogP contribution in [0.25, 0.3) is 0 Å². The van der Waals surface area contributed by atoms with E-state index in [9.17, 15) is 15.0 Å². The summed E-state index contributed by atoms with van der Waals surface area (Å²) in [5.41, 5.74) is 0.0569. The summed E-state index contributed by atoms with van der Waals surface area (Å²) in [4.78, 5) is 10.7. The van der Waals surface area contributed by atoms with Gasteiger partial charge in [-0.05, 0) is 6.07 Å². The number of hydrogen-bond acceptors (Lipinski definition) is 5. The maximum atomic E-state index is 10.7. The van der Waals surface area contributed by atoms with Gasteiger partial charge in [-0.2, -0.15) is 0 Å². The zero-order chi connectivity index (χ0) is 14.1. The summed E-state index contributed by atoms with van der Waals surface area (Å²) in [6, 6.07) is 3.00. The summed E-state index contributed by atoms with van der Waals surface area (Å²) in [6.45, 7) is 0.613. The minimum absolute atomic E-state index is 0. The van der Waals surface area contributed by atoms with Gasteiger partial charge in [0.1, 0.15) is 6.10 Å². The average molecular weight is 290 g/mol. The predicted octanol–water partition coefficient (Wildman–Crippen LogP) is -4.73. The molecular weight excluding hydrogens is 273 g/mol. The summed E-state index contributed by atoms with van der Waals surface area (Å²) in [5, 5.41) is 28.9. The van der Waals surface area contributed by atoms with Gasteiger partial charge in [-0.25, -0.2) is 4.57 Å². The molecule has 0 aliphatic carbocycles. The van der Waals surface area contributed by atoms with Crippen LogP contribution in [0.2, 0.25) is 0 Å². The molecule has 6 nitrogen and oxygen atoms in total. The number of aromatic nitrogens is 1. The van der Waals surface area contributed by atoms with Gasteiger partial charge in [-0.1, -0.05) is 12.2 Å². The number of rotatable bonds is 8. The molecular formula is C13H17NNaO5+. The Morgan fingerprint density at radius 1 is 1.50 bits per heavy atom. The number of carbonyl (C=O) groups excluding carboxylic acids is 1. The smallest absolute Gasteiger partial charge is 0.545 e. The van der Waals surface area contributed by atoms with E-state index in [1.54, 1.807) is 29.0 Å². The Kier molecular flexibility index (Phi) is 10.5. The number of ether oxygens (including phenoxy) is 1. The number of aliphatic hydroxyl groups is 2. The van der Waals surface area contributed by atoms with Crippen molar-refractivity contribution in [2.45, 2.75) is 12.6 Å². The van der Waals surface area contributed by atoms with Crippen LogP contribution in [0.1, 0.15) is 10.4 Å². The number of pyridine rings is 1. The van der Waals surface area contributed by atoms with E-state index in [2.05, 4.69) is 0 Å². The van der Waals surface area contributed by atoms with Gasteiger partial charge < -0.3 is 24.9 Å². The summed E-state index contributed by atoms with van der Waals surface area (Å²) in [6.07, 6.45) is 5.50. The number of carbonyl (C=O) groups is 1. The predicted molar refractivity (Wildman–Crippen MR) is 64.0 cm³/mol. The van der Waals surface area contributed by atoms with Crippen LogP contribution in [0, 0.1) is 0 Å². The molecule has 1 aromatic heterocycles. The quantitative estimate of drug-likeness (QED) is 0.217. The van der Waals surface area contributed by atoms with Crippen LogP contribution in [0.15, 0.2) is 36.7 Å². The number of carboxylic acid groups (broad SMARTS) is 1. The fourth-order valence-corrected chi connectivity index (χ4v) is 1.47. The molecule has 0 aliphatic heterocycles. The van der Waals surface area contributed by atoms with E-state index >= 15 is 0 Å². The molecule has 2 N–H and O–H groups in total. The van der Waals surface area contributed by atoms with Gasteiger partial charge in [-0.15, -0.1) is 0 Å². The van der Waals surface area contributed by atoms with Gasteiger partial charge in [0, 0.05) is 6.07 Å². The maximum Gasteiger partial charge on any atom is 1.00 e. The Morgan fingerprint density at radius 3 is 2.90 bits per heavy atom. The van der Waals surface area contributed by atoms with E-state index < -0.39 is 12.1 Å². The maximum absolute atomic E-state index is 10.7. The number of aromatic carboxylic acids is 1. The first-order valence-corrected chi connectivity index (χ1v) is 5.85. The van der Waals surface area contributed by atoms with E-state index in [1.807, 2.05) is 0 Å². The van der Waals surface area contributed by atoms with Crippen molar-refractivity contribution in [2.24, 2.45) is 0 Å². The Labute approximate surface area is 139 Å². The van der Waals surface area contributed by atoms with Crippen LogP contribution in [-0.2, 0) is 11.3 Å². The van der Waals surface area contributed by atoms with Crippen molar-refractivity contribution in [3.8, 4) is 0 Å². The molecule has 0 fully saturated rings. The Hall–Kier alpha value is -0.760. The Morgan fingerprint density at radius 2 is 2.25 bits per heavy atom. The number of carboxylic acids is 1. The third kappa shape index (κ3) is 7.74. The molecule has 0 bridgehead atoms. The van der Waals surface area contributed by atoms with Crippen LogP contribution in [0.5, 0.6) is 0 Å². The molecule has 20 heavy (non-hydrogen) atoms. The van der Waals surface area contributed by atoms with E-state index in [-0.39, 0.29) is 54.9 Å². The average Bonchev–Trinajstić information content (AvgIpc) is 2.38. The second-order valence-electron chi connectivity index (χ2n) is 3.92. The first-order valence-electron chi connectivity index (χ1n) is 5.85. The first-order chi connectivity index (χ1) is 9.13. The van der Waals surface area contributed by atoms with Gasteiger partial charge in [0.2, 0.25) is 0 Å². The molecule has 104 valence electrons. The van der Waals surface area contributed by atoms with Crippen molar-refractivity contribution in [2.75, 3.05) is 19.8 Å². The van der Waals surface area contributed by atoms with Gasteiger partial charge in [0.05, 0.1) is 31.4 Å². The molecule has 0 saturated carbocycles. The van der Waals surface area contributed by atoms with E-state index in [0.29, 0.717) is 6.61 Å². The van der Waals surface area contributed by atoms with Crippen molar-refractivity contribution >= 4 is 5.97 Å². The van der Waals surface area contributed by atoms with Crippen LogP contribution in [-0.4, -0.2) is 42.1 Å². The molecule has 1 unspecified atom stereocenters. The summed E-state index contributed by atoms with van der Waals surface area (Å²) < 4.78 is 6.72. The van der Waals surface area contributed by atoms with Crippen LogP contribution < -0.4 is 39.2 Å². The molecule has 0 aromatic carbocycles. The Bertz CT molecular complexity index is 439. The zero-order valence-electron chi connectivity index (χ0n) is 11.4. The monoisotopic (exact) mass is 290 g/mol. The number of hydrogen-bond donors (Lipinski definition) is 2. The minimum atomic E-state index is -1.26. The standard InChI is InChI=1S/C13H17NO5.Na/c15-6-1-2-7-19-10-12(16)9-14-5-3-4-11(8-14)13(17)18;/h1-5,8,12,15-16H,6-7,9-10H2;/q;+1/b2-1+;. The van der Waals surface area contributed by atoms with Crippen molar-refractivity contribution in [1.29, 1.82) is 0 Å². The van der Waals surface area contributed by atoms with Crippen molar-refractivity contribution in [3.05, 3.63) is 42.2 Å². The van der Waals surface area contributed by atoms with Crippen LogP contribution in [0.4, 0.5) is 0 Å². The van der Waals surface area contributed by atoms with E-state index in [1.165, 1.54) is 12.3 Å². The molecule has 0 spiro atoms. The van der Waals surface area contributed by atoms with Gasteiger partial charge in [0.25, 0.3) is 0 Å². The third-order valence-electron chi connectivity index (χ3n) is 2.31. The van der Waals surface area contributed by atoms with Crippen LogP contribution in [0.3, 0.4) is 0 Å². The molecule has 1 heterocycles. The molecule has 1 aromatic rings. The fraction of sp³-hybridized carbons (Fsp3) is 0.385.